The SMILES string of the molecule is CCCCC1CCC(NC(=O)[C@@H](N)CCSC)CC1. The van der Waals surface area contributed by atoms with E-state index in [1.54, 1.807) is 11.8 Å². The van der Waals surface area contributed by atoms with Gasteiger partial charge in [0.15, 0.2) is 0 Å². The van der Waals surface area contributed by atoms with Crippen molar-refractivity contribution >= 4 is 17.7 Å². The van der Waals surface area contributed by atoms with Crippen molar-refractivity contribution in [2.75, 3.05) is 12.0 Å². The van der Waals surface area contributed by atoms with Crippen LogP contribution in [0.15, 0.2) is 0 Å². The largest absolute Gasteiger partial charge is 0.352 e. The van der Waals surface area contributed by atoms with Gasteiger partial charge in [0.25, 0.3) is 0 Å². The topological polar surface area (TPSA) is 55.1 Å². The summed E-state index contributed by atoms with van der Waals surface area (Å²) in [7, 11) is 0. The summed E-state index contributed by atoms with van der Waals surface area (Å²) >= 11 is 1.74. The van der Waals surface area contributed by atoms with E-state index in [1.807, 2.05) is 6.26 Å². The molecule has 1 atom stereocenters. The molecule has 0 radical (unpaired) electrons. The average molecular weight is 286 g/mol. The minimum absolute atomic E-state index is 0.0473. The summed E-state index contributed by atoms with van der Waals surface area (Å²) in [4.78, 5) is 11.9. The van der Waals surface area contributed by atoms with Crippen molar-refractivity contribution in [3.8, 4) is 0 Å². The van der Waals surface area contributed by atoms with Crippen LogP contribution < -0.4 is 11.1 Å². The molecular weight excluding hydrogens is 256 g/mol. The zero-order chi connectivity index (χ0) is 14.1. The van der Waals surface area contributed by atoms with Gasteiger partial charge in [0.1, 0.15) is 0 Å². The maximum absolute atomic E-state index is 11.9. The van der Waals surface area contributed by atoms with Crippen LogP contribution in [-0.4, -0.2) is 30.0 Å². The summed E-state index contributed by atoms with van der Waals surface area (Å²) in [6, 6.07) is 0.0379. The minimum atomic E-state index is -0.328. The molecular formula is C15H30N2OS. The van der Waals surface area contributed by atoms with Crippen molar-refractivity contribution in [1.29, 1.82) is 0 Å². The molecule has 0 spiro atoms. The fraction of sp³-hybridized carbons (Fsp3) is 0.933. The number of carbonyl (C=O) groups is 1. The Kier molecular flexibility index (Phi) is 8.55. The summed E-state index contributed by atoms with van der Waals surface area (Å²) in [5.74, 6) is 1.89. The van der Waals surface area contributed by atoms with Crippen molar-refractivity contribution in [2.24, 2.45) is 11.7 Å². The van der Waals surface area contributed by atoms with Crippen molar-refractivity contribution in [2.45, 2.75) is 70.4 Å². The molecule has 0 aromatic heterocycles. The lowest BCUT2D eigenvalue weighted by Crippen LogP contribution is -2.46. The number of nitrogens with one attached hydrogen (secondary N) is 1. The Balaban J connectivity index is 2.19. The van der Waals surface area contributed by atoms with Crippen LogP contribution in [0.3, 0.4) is 0 Å². The van der Waals surface area contributed by atoms with Crippen LogP contribution in [0, 0.1) is 5.92 Å². The highest BCUT2D eigenvalue weighted by atomic mass is 32.2. The molecule has 1 rings (SSSR count). The van der Waals surface area contributed by atoms with Gasteiger partial charge in [-0.05, 0) is 50.0 Å². The average Bonchev–Trinajstić information content (AvgIpc) is 2.43. The number of hydrogen-bond donors (Lipinski definition) is 2. The molecule has 4 heteroatoms. The second-order valence-electron chi connectivity index (χ2n) is 5.76. The number of thioether (sulfide) groups is 1. The highest BCUT2D eigenvalue weighted by Crippen LogP contribution is 2.28. The lowest BCUT2D eigenvalue weighted by Gasteiger charge is -2.29. The van der Waals surface area contributed by atoms with Gasteiger partial charge in [-0.2, -0.15) is 11.8 Å². The fourth-order valence-electron chi connectivity index (χ4n) is 2.77. The van der Waals surface area contributed by atoms with Gasteiger partial charge in [-0.15, -0.1) is 0 Å². The van der Waals surface area contributed by atoms with Crippen LogP contribution in [0.1, 0.15) is 58.3 Å². The van der Waals surface area contributed by atoms with E-state index in [2.05, 4.69) is 12.2 Å². The van der Waals surface area contributed by atoms with E-state index in [1.165, 1.54) is 32.1 Å². The van der Waals surface area contributed by atoms with Gasteiger partial charge in [0.05, 0.1) is 6.04 Å². The molecule has 0 unspecified atom stereocenters. The predicted molar refractivity (Wildman–Crippen MR) is 84.4 cm³/mol. The molecule has 3 nitrogen and oxygen atoms in total. The first kappa shape index (κ1) is 16.8. The Hall–Kier alpha value is -0.220. The number of hydrogen-bond acceptors (Lipinski definition) is 3. The molecule has 3 N–H and O–H groups in total. The van der Waals surface area contributed by atoms with Crippen LogP contribution in [0.4, 0.5) is 0 Å². The molecule has 1 amide bonds. The van der Waals surface area contributed by atoms with Crippen molar-refractivity contribution in [1.82, 2.24) is 5.32 Å². The van der Waals surface area contributed by atoms with Crippen LogP contribution >= 0.6 is 11.8 Å². The first-order valence-corrected chi connectivity index (χ1v) is 9.11. The summed E-state index contributed by atoms with van der Waals surface area (Å²) in [6.07, 6.45) is 11.6. The maximum Gasteiger partial charge on any atom is 0.237 e. The predicted octanol–water partition coefficient (Wildman–Crippen LogP) is 2.93. The highest BCUT2D eigenvalue weighted by Gasteiger charge is 2.23. The number of amides is 1. The van der Waals surface area contributed by atoms with Gasteiger partial charge in [-0.3, -0.25) is 4.79 Å². The smallest absolute Gasteiger partial charge is 0.237 e. The quantitative estimate of drug-likeness (QED) is 0.721. The van der Waals surface area contributed by atoms with Gasteiger partial charge in [0, 0.05) is 6.04 Å². The second-order valence-corrected chi connectivity index (χ2v) is 6.74. The molecule has 0 bridgehead atoms. The van der Waals surface area contributed by atoms with E-state index >= 15 is 0 Å². The van der Waals surface area contributed by atoms with Crippen LogP contribution in [-0.2, 0) is 4.79 Å². The molecule has 0 aromatic rings. The summed E-state index contributed by atoms with van der Waals surface area (Å²) in [5, 5.41) is 3.13. The van der Waals surface area contributed by atoms with Crippen molar-refractivity contribution in [3.05, 3.63) is 0 Å². The number of nitrogens with two attached hydrogens (primary N) is 1. The number of carbonyl (C=O) groups excluding carboxylic acids is 1. The third kappa shape index (κ3) is 6.66. The van der Waals surface area contributed by atoms with Gasteiger partial charge in [-0.1, -0.05) is 26.2 Å². The second kappa shape index (κ2) is 9.65. The third-order valence-corrected chi connectivity index (χ3v) is 4.77. The summed E-state index contributed by atoms with van der Waals surface area (Å²) in [5.41, 5.74) is 5.89. The maximum atomic E-state index is 11.9. The van der Waals surface area contributed by atoms with Crippen molar-refractivity contribution < 1.29 is 4.79 Å². The fourth-order valence-corrected chi connectivity index (χ4v) is 3.26. The van der Waals surface area contributed by atoms with Gasteiger partial charge >= 0.3 is 0 Å². The van der Waals surface area contributed by atoms with Gasteiger partial charge in [0.2, 0.25) is 5.91 Å². The van der Waals surface area contributed by atoms with Crippen LogP contribution in [0.5, 0.6) is 0 Å². The number of rotatable bonds is 8. The Morgan fingerprint density at radius 2 is 2.05 bits per heavy atom. The molecule has 19 heavy (non-hydrogen) atoms. The molecule has 0 heterocycles. The molecule has 0 aromatic carbocycles. The molecule has 0 aliphatic heterocycles. The monoisotopic (exact) mass is 286 g/mol. The molecule has 112 valence electrons. The molecule has 1 aliphatic rings. The van der Waals surface area contributed by atoms with E-state index in [-0.39, 0.29) is 11.9 Å². The van der Waals surface area contributed by atoms with E-state index < -0.39 is 0 Å². The number of unbranched alkanes of at least 4 members (excludes halogenated alkanes) is 1. The third-order valence-electron chi connectivity index (χ3n) is 4.13. The summed E-state index contributed by atoms with van der Waals surface area (Å²) < 4.78 is 0. The normalized spacial score (nSPS) is 25.0. The Morgan fingerprint density at radius 1 is 1.37 bits per heavy atom. The Bertz CT molecular complexity index is 253. The van der Waals surface area contributed by atoms with E-state index in [9.17, 15) is 4.79 Å². The minimum Gasteiger partial charge on any atom is -0.352 e. The van der Waals surface area contributed by atoms with Gasteiger partial charge < -0.3 is 11.1 Å². The van der Waals surface area contributed by atoms with E-state index in [0.29, 0.717) is 6.04 Å². The van der Waals surface area contributed by atoms with E-state index in [0.717, 1.165) is 30.9 Å². The van der Waals surface area contributed by atoms with Crippen LogP contribution in [0.2, 0.25) is 0 Å². The van der Waals surface area contributed by atoms with Crippen LogP contribution in [0.25, 0.3) is 0 Å². The molecule has 1 saturated carbocycles. The molecule has 1 aliphatic carbocycles. The highest BCUT2D eigenvalue weighted by molar-refractivity contribution is 7.98. The van der Waals surface area contributed by atoms with Gasteiger partial charge in [-0.25, -0.2) is 0 Å². The first-order valence-electron chi connectivity index (χ1n) is 7.72. The van der Waals surface area contributed by atoms with Crippen molar-refractivity contribution in [3.63, 3.8) is 0 Å². The zero-order valence-electron chi connectivity index (χ0n) is 12.5. The molecule has 1 fully saturated rings. The Morgan fingerprint density at radius 3 is 2.63 bits per heavy atom. The standard InChI is InChI=1S/C15H30N2OS/c1-3-4-5-12-6-8-13(9-7-12)17-15(18)14(16)10-11-19-2/h12-14H,3-11,16H2,1-2H3,(H,17,18)/t12?,13?,14-/m0/s1. The van der Waals surface area contributed by atoms with E-state index in [4.69, 9.17) is 5.73 Å². The lowest BCUT2D eigenvalue weighted by atomic mass is 9.83. The summed E-state index contributed by atoms with van der Waals surface area (Å²) in [6.45, 7) is 2.25. The first-order chi connectivity index (χ1) is 9.17. The zero-order valence-corrected chi connectivity index (χ0v) is 13.3. The molecule has 0 saturated heterocycles. The Labute approximate surface area is 122 Å². The lowest BCUT2D eigenvalue weighted by molar-refractivity contribution is -0.123.